The number of nitriles is 1. The van der Waals surface area contributed by atoms with E-state index in [1.165, 1.54) is 16.0 Å². The Labute approximate surface area is 112 Å². The van der Waals surface area contributed by atoms with Crippen LogP contribution in [0.2, 0.25) is 0 Å². The summed E-state index contributed by atoms with van der Waals surface area (Å²) in [4.78, 5) is 1.20. The van der Waals surface area contributed by atoms with Crippen molar-refractivity contribution in [1.82, 2.24) is 5.32 Å². The van der Waals surface area contributed by atoms with Gasteiger partial charge in [-0.25, -0.2) is 0 Å². The maximum atomic E-state index is 8.77. The topological polar surface area (TPSA) is 35.8 Å². The van der Waals surface area contributed by atoms with Gasteiger partial charge in [0.1, 0.15) is 6.07 Å². The molecular weight excluding hydrogens is 240 g/mol. The standard InChI is InChI=1S/C15H16N2S/c1-11-3-5-14(6-4-11)12(2)17-9-15-7-13(8-16)10-18-15/h3-7,10,12,17H,9H2,1-2H3. The Bertz CT molecular complexity index is 549. The maximum absolute atomic E-state index is 8.77. The Kier molecular flexibility index (Phi) is 4.14. The first-order valence-electron chi connectivity index (χ1n) is 5.96. The van der Waals surface area contributed by atoms with Gasteiger partial charge in [-0.3, -0.25) is 0 Å². The van der Waals surface area contributed by atoms with E-state index in [1.807, 2.05) is 11.4 Å². The molecule has 2 rings (SSSR count). The van der Waals surface area contributed by atoms with E-state index in [9.17, 15) is 0 Å². The second-order valence-corrected chi connectivity index (χ2v) is 5.42. The van der Waals surface area contributed by atoms with Crippen LogP contribution in [-0.4, -0.2) is 0 Å². The predicted molar refractivity (Wildman–Crippen MR) is 75.5 cm³/mol. The number of nitrogens with one attached hydrogen (secondary N) is 1. The molecule has 1 aromatic heterocycles. The zero-order chi connectivity index (χ0) is 13.0. The summed E-state index contributed by atoms with van der Waals surface area (Å²) in [5.74, 6) is 0. The molecule has 0 radical (unpaired) electrons. The fraction of sp³-hybridized carbons (Fsp3) is 0.267. The monoisotopic (exact) mass is 256 g/mol. The Morgan fingerprint density at radius 2 is 2.06 bits per heavy atom. The van der Waals surface area contributed by atoms with Crippen molar-refractivity contribution >= 4 is 11.3 Å². The molecule has 18 heavy (non-hydrogen) atoms. The van der Waals surface area contributed by atoms with Crippen molar-refractivity contribution in [3.05, 3.63) is 57.3 Å². The first-order chi connectivity index (χ1) is 8.69. The van der Waals surface area contributed by atoms with Gasteiger partial charge in [-0.2, -0.15) is 5.26 Å². The third-order valence-electron chi connectivity index (χ3n) is 2.94. The number of hydrogen-bond donors (Lipinski definition) is 1. The van der Waals surface area contributed by atoms with Crippen molar-refractivity contribution < 1.29 is 0 Å². The van der Waals surface area contributed by atoms with E-state index in [0.29, 0.717) is 6.04 Å². The van der Waals surface area contributed by atoms with Crippen LogP contribution in [0, 0.1) is 18.3 Å². The molecule has 1 N–H and O–H groups in total. The van der Waals surface area contributed by atoms with Crippen LogP contribution in [0.15, 0.2) is 35.7 Å². The Morgan fingerprint density at radius 1 is 1.33 bits per heavy atom. The summed E-state index contributed by atoms with van der Waals surface area (Å²) >= 11 is 1.63. The van der Waals surface area contributed by atoms with Crippen LogP contribution < -0.4 is 5.32 Å². The molecule has 0 bridgehead atoms. The number of benzene rings is 1. The van der Waals surface area contributed by atoms with Crippen LogP contribution in [-0.2, 0) is 6.54 Å². The van der Waals surface area contributed by atoms with Crippen molar-refractivity contribution in [3.8, 4) is 6.07 Å². The Morgan fingerprint density at radius 3 is 2.67 bits per heavy atom. The van der Waals surface area contributed by atoms with E-state index in [4.69, 9.17) is 5.26 Å². The fourth-order valence-corrected chi connectivity index (χ4v) is 2.52. The highest BCUT2D eigenvalue weighted by atomic mass is 32.1. The molecule has 0 aliphatic heterocycles. The third kappa shape index (κ3) is 3.19. The van der Waals surface area contributed by atoms with Crippen molar-refractivity contribution in [3.63, 3.8) is 0 Å². The van der Waals surface area contributed by atoms with Gasteiger partial charge in [0.05, 0.1) is 5.56 Å². The zero-order valence-electron chi connectivity index (χ0n) is 10.6. The molecule has 0 saturated carbocycles. The molecule has 2 nitrogen and oxygen atoms in total. The lowest BCUT2D eigenvalue weighted by Crippen LogP contribution is -2.17. The Balaban J connectivity index is 1.94. The van der Waals surface area contributed by atoms with Gasteiger partial charge < -0.3 is 5.32 Å². The van der Waals surface area contributed by atoms with Gasteiger partial charge in [0.2, 0.25) is 0 Å². The molecule has 1 heterocycles. The van der Waals surface area contributed by atoms with Gasteiger partial charge in [-0.15, -0.1) is 11.3 Å². The largest absolute Gasteiger partial charge is 0.305 e. The van der Waals surface area contributed by atoms with Crippen LogP contribution in [0.4, 0.5) is 0 Å². The molecule has 1 aromatic carbocycles. The highest BCUT2D eigenvalue weighted by Crippen LogP contribution is 2.17. The predicted octanol–water partition coefficient (Wildman–Crippen LogP) is 3.78. The molecule has 0 aliphatic rings. The summed E-state index contributed by atoms with van der Waals surface area (Å²) in [6.45, 7) is 5.06. The molecule has 2 aromatic rings. The number of hydrogen-bond acceptors (Lipinski definition) is 3. The van der Waals surface area contributed by atoms with E-state index in [0.717, 1.165) is 12.1 Å². The van der Waals surface area contributed by atoms with Gasteiger partial charge in [0.15, 0.2) is 0 Å². The smallest absolute Gasteiger partial charge is 0.100 e. The van der Waals surface area contributed by atoms with Crippen molar-refractivity contribution in [2.75, 3.05) is 0 Å². The molecular formula is C15H16N2S. The van der Waals surface area contributed by atoms with Crippen LogP contribution in [0.3, 0.4) is 0 Å². The second-order valence-electron chi connectivity index (χ2n) is 4.43. The fourth-order valence-electron chi connectivity index (χ4n) is 1.76. The minimum Gasteiger partial charge on any atom is -0.305 e. The van der Waals surface area contributed by atoms with Crippen LogP contribution in [0.1, 0.15) is 34.5 Å². The number of rotatable bonds is 4. The van der Waals surface area contributed by atoms with Crippen LogP contribution in [0.25, 0.3) is 0 Å². The highest BCUT2D eigenvalue weighted by Gasteiger charge is 2.05. The van der Waals surface area contributed by atoms with E-state index < -0.39 is 0 Å². The average Bonchev–Trinajstić information content (AvgIpc) is 2.85. The van der Waals surface area contributed by atoms with Gasteiger partial charge >= 0.3 is 0 Å². The van der Waals surface area contributed by atoms with E-state index in [1.54, 1.807) is 11.3 Å². The molecule has 92 valence electrons. The summed E-state index contributed by atoms with van der Waals surface area (Å²) in [5.41, 5.74) is 3.32. The first-order valence-corrected chi connectivity index (χ1v) is 6.84. The highest BCUT2D eigenvalue weighted by molar-refractivity contribution is 7.10. The normalized spacial score (nSPS) is 12.1. The SMILES string of the molecule is Cc1ccc(C(C)NCc2cc(C#N)cs2)cc1. The summed E-state index contributed by atoms with van der Waals surface area (Å²) in [7, 11) is 0. The summed E-state index contributed by atoms with van der Waals surface area (Å²) in [6, 6.07) is 13.0. The van der Waals surface area contributed by atoms with Gasteiger partial charge in [0.25, 0.3) is 0 Å². The lowest BCUT2D eigenvalue weighted by Gasteiger charge is -2.13. The molecule has 0 saturated heterocycles. The van der Waals surface area contributed by atoms with Gasteiger partial charge in [-0.05, 0) is 25.5 Å². The minimum atomic E-state index is 0.318. The van der Waals surface area contributed by atoms with Crippen LogP contribution >= 0.6 is 11.3 Å². The molecule has 3 heteroatoms. The maximum Gasteiger partial charge on any atom is 0.100 e. The molecule has 0 amide bonds. The lowest BCUT2D eigenvalue weighted by molar-refractivity contribution is 0.579. The quantitative estimate of drug-likeness (QED) is 0.903. The Hall–Kier alpha value is -1.63. The van der Waals surface area contributed by atoms with Crippen molar-refractivity contribution in [1.29, 1.82) is 5.26 Å². The molecule has 0 fully saturated rings. The van der Waals surface area contributed by atoms with Crippen LogP contribution in [0.5, 0.6) is 0 Å². The minimum absolute atomic E-state index is 0.318. The zero-order valence-corrected chi connectivity index (χ0v) is 11.4. The van der Waals surface area contributed by atoms with Gasteiger partial charge in [0, 0.05) is 22.8 Å². The van der Waals surface area contributed by atoms with E-state index in [2.05, 4.69) is 49.5 Å². The van der Waals surface area contributed by atoms with Crippen molar-refractivity contribution in [2.24, 2.45) is 0 Å². The number of aryl methyl sites for hydroxylation is 1. The van der Waals surface area contributed by atoms with Gasteiger partial charge in [-0.1, -0.05) is 29.8 Å². The van der Waals surface area contributed by atoms with Crippen molar-refractivity contribution in [2.45, 2.75) is 26.4 Å². The number of thiophene rings is 1. The summed E-state index contributed by atoms with van der Waals surface area (Å²) < 4.78 is 0. The molecule has 0 spiro atoms. The third-order valence-corrected chi connectivity index (χ3v) is 3.88. The molecule has 1 atom stereocenters. The van der Waals surface area contributed by atoms with E-state index >= 15 is 0 Å². The molecule has 1 unspecified atom stereocenters. The first kappa shape index (κ1) is 12.8. The summed E-state index contributed by atoms with van der Waals surface area (Å²) in [5, 5.41) is 14.1. The second kappa shape index (κ2) is 5.81. The average molecular weight is 256 g/mol. The lowest BCUT2D eigenvalue weighted by atomic mass is 10.1. The van der Waals surface area contributed by atoms with E-state index in [-0.39, 0.29) is 0 Å². The number of nitrogens with zero attached hydrogens (tertiary/aromatic N) is 1. The molecule has 0 aliphatic carbocycles. The summed E-state index contributed by atoms with van der Waals surface area (Å²) in [6.07, 6.45) is 0.